The zero-order valence-corrected chi connectivity index (χ0v) is 10.7. The lowest BCUT2D eigenvalue weighted by Gasteiger charge is -2.27. The number of hydrogen-bond acceptors (Lipinski definition) is 2. The van der Waals surface area contributed by atoms with E-state index in [0.717, 1.165) is 24.9 Å². The number of likely N-dealkylation sites (tertiary alicyclic amines) is 1. The van der Waals surface area contributed by atoms with Crippen molar-refractivity contribution < 1.29 is 4.39 Å². The number of nitrogens with zero attached hydrogens (tertiary/aromatic N) is 1. The predicted molar refractivity (Wildman–Crippen MR) is 70.6 cm³/mol. The largest absolute Gasteiger partial charge is 0.324 e. The van der Waals surface area contributed by atoms with E-state index in [-0.39, 0.29) is 11.9 Å². The first-order valence-electron chi connectivity index (χ1n) is 6.98. The van der Waals surface area contributed by atoms with Gasteiger partial charge in [-0.1, -0.05) is 18.2 Å². The molecule has 2 fully saturated rings. The zero-order valence-electron chi connectivity index (χ0n) is 10.7. The van der Waals surface area contributed by atoms with Gasteiger partial charge < -0.3 is 10.6 Å². The minimum Gasteiger partial charge on any atom is -0.324 e. The van der Waals surface area contributed by atoms with Crippen LogP contribution in [0.15, 0.2) is 24.3 Å². The van der Waals surface area contributed by atoms with Crippen LogP contribution in [0.2, 0.25) is 0 Å². The fraction of sp³-hybridized carbons (Fsp3) is 0.600. The van der Waals surface area contributed by atoms with E-state index < -0.39 is 0 Å². The number of benzene rings is 1. The predicted octanol–water partition coefficient (Wildman–Crippen LogP) is 2.70. The number of rotatable bonds is 4. The zero-order chi connectivity index (χ0) is 12.5. The van der Waals surface area contributed by atoms with Gasteiger partial charge >= 0.3 is 0 Å². The summed E-state index contributed by atoms with van der Waals surface area (Å²) in [6, 6.07) is 7.47. The van der Waals surface area contributed by atoms with Gasteiger partial charge in [0.25, 0.3) is 0 Å². The van der Waals surface area contributed by atoms with E-state index in [1.54, 1.807) is 12.1 Å². The van der Waals surface area contributed by atoms with Gasteiger partial charge in [-0.05, 0) is 37.7 Å². The van der Waals surface area contributed by atoms with Crippen LogP contribution < -0.4 is 5.73 Å². The van der Waals surface area contributed by atoms with Crippen LogP contribution in [0.25, 0.3) is 0 Å². The van der Waals surface area contributed by atoms with Crippen molar-refractivity contribution in [2.75, 3.05) is 13.1 Å². The molecular formula is C15H21FN2. The van der Waals surface area contributed by atoms with E-state index in [1.165, 1.54) is 31.9 Å². The molecule has 1 aromatic rings. The number of fused-ring (bicyclic) bond motifs is 2. The molecule has 0 spiro atoms. The number of nitrogens with two attached hydrogens (primary N) is 1. The summed E-state index contributed by atoms with van der Waals surface area (Å²) in [5.41, 5.74) is 6.76. The molecule has 2 bridgehead atoms. The van der Waals surface area contributed by atoms with Gasteiger partial charge in [0, 0.05) is 30.7 Å². The molecule has 0 radical (unpaired) electrons. The van der Waals surface area contributed by atoms with Crippen LogP contribution >= 0.6 is 0 Å². The van der Waals surface area contributed by atoms with Crippen LogP contribution in [0.4, 0.5) is 4.39 Å². The van der Waals surface area contributed by atoms with E-state index in [2.05, 4.69) is 4.90 Å². The first-order chi connectivity index (χ1) is 8.74. The minimum atomic E-state index is -0.176. The van der Waals surface area contributed by atoms with Gasteiger partial charge in [0.15, 0.2) is 0 Å². The topological polar surface area (TPSA) is 29.3 Å². The summed E-state index contributed by atoms with van der Waals surface area (Å²) in [5, 5.41) is 0. The maximum Gasteiger partial charge on any atom is 0.127 e. The molecule has 1 heterocycles. The third-order valence-electron chi connectivity index (χ3n) is 4.55. The summed E-state index contributed by atoms with van der Waals surface area (Å²) in [7, 11) is 0. The lowest BCUT2D eigenvalue weighted by molar-refractivity contribution is 0.206. The molecule has 2 aliphatic rings. The Morgan fingerprint density at radius 2 is 2.17 bits per heavy atom. The van der Waals surface area contributed by atoms with Crippen LogP contribution in [0.1, 0.15) is 37.3 Å². The summed E-state index contributed by atoms with van der Waals surface area (Å²) in [6.45, 7) is 2.24. The van der Waals surface area contributed by atoms with Gasteiger partial charge in [0.2, 0.25) is 0 Å². The highest BCUT2D eigenvalue weighted by Gasteiger charge is 2.37. The highest BCUT2D eigenvalue weighted by Crippen LogP contribution is 2.37. The molecule has 18 heavy (non-hydrogen) atoms. The Kier molecular flexibility index (Phi) is 3.35. The van der Waals surface area contributed by atoms with Crippen LogP contribution in [-0.4, -0.2) is 24.0 Å². The van der Waals surface area contributed by atoms with Crippen molar-refractivity contribution >= 4 is 0 Å². The van der Waals surface area contributed by atoms with Gasteiger partial charge in [-0.3, -0.25) is 0 Å². The highest BCUT2D eigenvalue weighted by atomic mass is 19.1. The molecule has 1 saturated heterocycles. The summed E-state index contributed by atoms with van der Waals surface area (Å²) in [4.78, 5) is 2.55. The SMILES string of the molecule is NC(CCN1CC2CCC1C2)c1ccccc1F. The number of piperidine rings is 1. The molecule has 0 aromatic heterocycles. The van der Waals surface area contributed by atoms with Gasteiger partial charge in [0.1, 0.15) is 5.82 Å². The maximum absolute atomic E-state index is 13.6. The molecular weight excluding hydrogens is 227 g/mol. The molecule has 3 rings (SSSR count). The smallest absolute Gasteiger partial charge is 0.127 e. The second-order valence-corrected chi connectivity index (χ2v) is 5.74. The van der Waals surface area contributed by atoms with E-state index in [4.69, 9.17) is 5.73 Å². The summed E-state index contributed by atoms with van der Waals surface area (Å²) in [6.07, 6.45) is 4.97. The maximum atomic E-state index is 13.6. The Morgan fingerprint density at radius 3 is 2.83 bits per heavy atom. The van der Waals surface area contributed by atoms with Crippen molar-refractivity contribution in [3.63, 3.8) is 0 Å². The molecule has 1 aromatic carbocycles. The average Bonchev–Trinajstić information content (AvgIpc) is 2.98. The van der Waals surface area contributed by atoms with Crippen molar-refractivity contribution in [1.29, 1.82) is 0 Å². The molecule has 1 aliphatic carbocycles. The lowest BCUT2D eigenvalue weighted by atomic mass is 10.0. The Morgan fingerprint density at radius 1 is 1.33 bits per heavy atom. The van der Waals surface area contributed by atoms with Crippen LogP contribution in [0, 0.1) is 11.7 Å². The molecule has 3 unspecified atom stereocenters. The third kappa shape index (κ3) is 2.29. The average molecular weight is 248 g/mol. The molecule has 2 N–H and O–H groups in total. The first kappa shape index (κ1) is 12.1. The highest BCUT2D eigenvalue weighted by molar-refractivity contribution is 5.20. The van der Waals surface area contributed by atoms with Gasteiger partial charge in [-0.2, -0.15) is 0 Å². The standard InChI is InChI=1S/C15H21FN2/c16-14-4-2-1-3-13(14)15(17)7-8-18-10-11-5-6-12(18)9-11/h1-4,11-12,15H,5-10,17H2. The molecule has 0 amide bonds. The Labute approximate surface area is 108 Å². The first-order valence-corrected chi connectivity index (χ1v) is 6.98. The van der Waals surface area contributed by atoms with Crippen LogP contribution in [0.5, 0.6) is 0 Å². The van der Waals surface area contributed by atoms with Crippen molar-refractivity contribution in [2.45, 2.75) is 37.8 Å². The quantitative estimate of drug-likeness (QED) is 0.887. The minimum absolute atomic E-state index is 0.173. The lowest BCUT2D eigenvalue weighted by Crippen LogP contribution is -2.34. The fourth-order valence-corrected chi connectivity index (χ4v) is 3.54. The molecule has 98 valence electrons. The van der Waals surface area contributed by atoms with Crippen LogP contribution in [-0.2, 0) is 0 Å². The Balaban J connectivity index is 1.56. The van der Waals surface area contributed by atoms with Gasteiger partial charge in [-0.15, -0.1) is 0 Å². The van der Waals surface area contributed by atoms with E-state index >= 15 is 0 Å². The summed E-state index contributed by atoms with van der Waals surface area (Å²) in [5.74, 6) is 0.743. The van der Waals surface area contributed by atoms with E-state index in [1.807, 2.05) is 6.07 Å². The van der Waals surface area contributed by atoms with Gasteiger partial charge in [0.05, 0.1) is 0 Å². The molecule has 1 saturated carbocycles. The molecule has 1 aliphatic heterocycles. The molecule has 3 atom stereocenters. The fourth-order valence-electron chi connectivity index (χ4n) is 3.54. The Bertz CT molecular complexity index is 421. The van der Waals surface area contributed by atoms with Crippen molar-refractivity contribution in [3.05, 3.63) is 35.6 Å². The molecule has 2 nitrogen and oxygen atoms in total. The van der Waals surface area contributed by atoms with E-state index in [9.17, 15) is 4.39 Å². The second kappa shape index (κ2) is 4.98. The van der Waals surface area contributed by atoms with Crippen molar-refractivity contribution in [3.8, 4) is 0 Å². The third-order valence-corrected chi connectivity index (χ3v) is 4.55. The van der Waals surface area contributed by atoms with E-state index in [0.29, 0.717) is 5.56 Å². The summed E-state index contributed by atoms with van der Waals surface area (Å²) < 4.78 is 13.6. The Hall–Kier alpha value is -0.930. The number of hydrogen-bond donors (Lipinski definition) is 1. The normalized spacial score (nSPS) is 28.8. The molecule has 3 heteroatoms. The van der Waals surface area contributed by atoms with Gasteiger partial charge in [-0.25, -0.2) is 4.39 Å². The van der Waals surface area contributed by atoms with Crippen LogP contribution in [0.3, 0.4) is 0 Å². The van der Waals surface area contributed by atoms with Crippen molar-refractivity contribution in [1.82, 2.24) is 4.90 Å². The summed E-state index contributed by atoms with van der Waals surface area (Å²) >= 11 is 0. The number of halogens is 1. The van der Waals surface area contributed by atoms with Crippen molar-refractivity contribution in [2.24, 2.45) is 11.7 Å². The monoisotopic (exact) mass is 248 g/mol. The second-order valence-electron chi connectivity index (χ2n) is 5.74.